The maximum absolute atomic E-state index is 12.9. The summed E-state index contributed by atoms with van der Waals surface area (Å²) in [7, 11) is -3.67. The lowest BCUT2D eigenvalue weighted by Crippen LogP contribution is -2.50. The Bertz CT molecular complexity index is 960. The molecule has 0 radical (unpaired) electrons. The molecule has 1 amide bonds. The number of carbonyl (C=O) groups excluding carboxylic acids is 1. The Morgan fingerprint density at radius 1 is 0.963 bits per heavy atom. The molecule has 4 rings (SSSR count). The minimum atomic E-state index is -3.67. The monoisotopic (exact) mass is 392 g/mol. The number of nitrogens with zero attached hydrogens (tertiary/aromatic N) is 2. The SMILES string of the molecule is Cc1ccc(C(=O)N2CCN(S(=O)(=O)c3ccc4c(c3)OCCO4)CC2)o1. The molecule has 1 fully saturated rings. The number of hydrogen-bond donors (Lipinski definition) is 0. The van der Waals surface area contributed by atoms with Crippen LogP contribution < -0.4 is 9.47 Å². The summed E-state index contributed by atoms with van der Waals surface area (Å²) in [5.41, 5.74) is 0. The Morgan fingerprint density at radius 3 is 2.33 bits per heavy atom. The molecule has 2 aromatic rings. The van der Waals surface area contributed by atoms with Crippen molar-refractivity contribution in [2.24, 2.45) is 0 Å². The minimum Gasteiger partial charge on any atom is -0.486 e. The summed E-state index contributed by atoms with van der Waals surface area (Å²) in [6.07, 6.45) is 0. The second-order valence-corrected chi connectivity index (χ2v) is 8.35. The third kappa shape index (κ3) is 3.40. The Balaban J connectivity index is 1.46. The lowest BCUT2D eigenvalue weighted by atomic mass is 10.3. The van der Waals surface area contributed by atoms with Crippen molar-refractivity contribution < 1.29 is 27.1 Å². The van der Waals surface area contributed by atoms with Gasteiger partial charge in [-0.3, -0.25) is 4.79 Å². The van der Waals surface area contributed by atoms with E-state index in [1.54, 1.807) is 30.0 Å². The molecule has 1 aromatic carbocycles. The van der Waals surface area contributed by atoms with Gasteiger partial charge in [-0.2, -0.15) is 4.31 Å². The quantitative estimate of drug-likeness (QED) is 0.787. The topological polar surface area (TPSA) is 89.3 Å². The molecule has 27 heavy (non-hydrogen) atoms. The average Bonchev–Trinajstić information content (AvgIpc) is 3.13. The van der Waals surface area contributed by atoms with Gasteiger partial charge in [0.25, 0.3) is 5.91 Å². The predicted octanol–water partition coefficient (Wildman–Crippen LogP) is 1.51. The Kier molecular flexibility index (Phi) is 4.56. The Morgan fingerprint density at radius 2 is 1.67 bits per heavy atom. The summed E-state index contributed by atoms with van der Waals surface area (Å²) >= 11 is 0. The lowest BCUT2D eigenvalue weighted by Gasteiger charge is -2.33. The van der Waals surface area contributed by atoms with Crippen molar-refractivity contribution in [1.82, 2.24) is 9.21 Å². The highest BCUT2D eigenvalue weighted by atomic mass is 32.2. The van der Waals surface area contributed by atoms with Crippen LogP contribution in [0, 0.1) is 6.92 Å². The normalized spacial score (nSPS) is 17.7. The van der Waals surface area contributed by atoms with Crippen LogP contribution in [0.25, 0.3) is 0 Å². The number of rotatable bonds is 3. The van der Waals surface area contributed by atoms with Crippen LogP contribution in [0.1, 0.15) is 16.3 Å². The summed E-state index contributed by atoms with van der Waals surface area (Å²) < 4.78 is 43.5. The number of carbonyl (C=O) groups is 1. The van der Waals surface area contributed by atoms with E-state index in [4.69, 9.17) is 13.9 Å². The van der Waals surface area contributed by atoms with Gasteiger partial charge in [-0.1, -0.05) is 0 Å². The van der Waals surface area contributed by atoms with Crippen molar-refractivity contribution >= 4 is 15.9 Å². The van der Waals surface area contributed by atoms with Crippen molar-refractivity contribution in [3.8, 4) is 11.5 Å². The van der Waals surface area contributed by atoms with Crippen LogP contribution in [-0.4, -0.2) is 62.9 Å². The first kappa shape index (κ1) is 17.9. The first-order valence-electron chi connectivity index (χ1n) is 8.71. The first-order valence-corrected chi connectivity index (χ1v) is 10.1. The number of amides is 1. The van der Waals surface area contributed by atoms with Gasteiger partial charge in [-0.05, 0) is 31.2 Å². The van der Waals surface area contributed by atoms with Crippen LogP contribution >= 0.6 is 0 Å². The molecule has 0 aliphatic carbocycles. The van der Waals surface area contributed by atoms with Crippen LogP contribution in [0.3, 0.4) is 0 Å². The molecule has 0 spiro atoms. The zero-order valence-corrected chi connectivity index (χ0v) is 15.7. The molecule has 144 valence electrons. The Labute approximate surface area is 157 Å². The van der Waals surface area contributed by atoms with E-state index in [2.05, 4.69) is 0 Å². The van der Waals surface area contributed by atoms with Crippen molar-refractivity contribution in [3.63, 3.8) is 0 Å². The fourth-order valence-corrected chi connectivity index (χ4v) is 4.61. The Hall–Kier alpha value is -2.52. The number of aryl methyl sites for hydroxylation is 1. The number of piperazine rings is 1. The minimum absolute atomic E-state index is 0.160. The molecule has 0 saturated carbocycles. The van der Waals surface area contributed by atoms with Crippen LogP contribution in [0.5, 0.6) is 11.5 Å². The largest absolute Gasteiger partial charge is 0.486 e. The van der Waals surface area contributed by atoms with Crippen LogP contribution in [0.2, 0.25) is 0 Å². The second-order valence-electron chi connectivity index (χ2n) is 6.41. The van der Waals surface area contributed by atoms with E-state index in [1.165, 1.54) is 16.4 Å². The molecule has 2 aliphatic rings. The number of sulfonamides is 1. The zero-order chi connectivity index (χ0) is 19.0. The van der Waals surface area contributed by atoms with Gasteiger partial charge in [-0.25, -0.2) is 8.42 Å². The van der Waals surface area contributed by atoms with Gasteiger partial charge in [-0.15, -0.1) is 0 Å². The fraction of sp³-hybridized carbons (Fsp3) is 0.389. The number of ether oxygens (including phenoxy) is 2. The van der Waals surface area contributed by atoms with Crippen LogP contribution in [0.15, 0.2) is 39.6 Å². The summed E-state index contributed by atoms with van der Waals surface area (Å²) in [5, 5.41) is 0. The maximum Gasteiger partial charge on any atom is 0.289 e. The van der Waals surface area contributed by atoms with E-state index in [9.17, 15) is 13.2 Å². The molecular formula is C18H20N2O6S. The first-order chi connectivity index (χ1) is 12.9. The molecule has 0 unspecified atom stereocenters. The lowest BCUT2D eigenvalue weighted by molar-refractivity contribution is 0.0664. The molecule has 9 heteroatoms. The third-order valence-corrected chi connectivity index (χ3v) is 6.52. The van der Waals surface area contributed by atoms with Crippen LogP contribution in [-0.2, 0) is 10.0 Å². The van der Waals surface area contributed by atoms with Gasteiger partial charge in [0.15, 0.2) is 17.3 Å². The molecule has 1 saturated heterocycles. The molecule has 1 aromatic heterocycles. The van der Waals surface area contributed by atoms with Gasteiger partial charge >= 0.3 is 0 Å². The highest BCUT2D eigenvalue weighted by Crippen LogP contribution is 2.33. The smallest absolute Gasteiger partial charge is 0.289 e. The second kappa shape index (κ2) is 6.90. The summed E-state index contributed by atoms with van der Waals surface area (Å²) in [4.78, 5) is 14.2. The molecule has 0 bridgehead atoms. The molecular weight excluding hydrogens is 372 g/mol. The van der Waals surface area contributed by atoms with Crippen molar-refractivity contribution in [1.29, 1.82) is 0 Å². The number of benzene rings is 1. The van der Waals surface area contributed by atoms with Crippen molar-refractivity contribution in [2.75, 3.05) is 39.4 Å². The van der Waals surface area contributed by atoms with Crippen molar-refractivity contribution in [2.45, 2.75) is 11.8 Å². The van der Waals surface area contributed by atoms with Gasteiger partial charge in [0.05, 0.1) is 4.90 Å². The van der Waals surface area contributed by atoms with E-state index < -0.39 is 10.0 Å². The standard InChI is InChI=1S/C18H20N2O6S/c1-13-2-4-16(26-13)18(21)19-6-8-20(9-7-19)27(22,23)14-3-5-15-17(12-14)25-11-10-24-15/h2-5,12H,6-11H2,1H3. The summed E-state index contributed by atoms with van der Waals surface area (Å²) in [6.45, 7) is 3.68. The van der Waals surface area contributed by atoms with E-state index in [0.717, 1.165) is 0 Å². The van der Waals surface area contributed by atoms with E-state index >= 15 is 0 Å². The molecule has 8 nitrogen and oxygen atoms in total. The number of hydrogen-bond acceptors (Lipinski definition) is 6. The van der Waals surface area contributed by atoms with Gasteiger partial charge in [0.2, 0.25) is 10.0 Å². The third-order valence-electron chi connectivity index (χ3n) is 4.63. The molecule has 0 atom stereocenters. The highest BCUT2D eigenvalue weighted by molar-refractivity contribution is 7.89. The average molecular weight is 392 g/mol. The van der Waals surface area contributed by atoms with E-state index in [-0.39, 0.29) is 29.7 Å². The predicted molar refractivity (Wildman–Crippen MR) is 95.5 cm³/mol. The van der Waals surface area contributed by atoms with E-state index in [0.29, 0.717) is 43.6 Å². The molecule has 2 aliphatic heterocycles. The molecule has 3 heterocycles. The summed E-state index contributed by atoms with van der Waals surface area (Å²) in [5.74, 6) is 1.70. The highest BCUT2D eigenvalue weighted by Gasteiger charge is 2.32. The van der Waals surface area contributed by atoms with Crippen molar-refractivity contribution in [3.05, 3.63) is 41.9 Å². The number of furan rings is 1. The fourth-order valence-electron chi connectivity index (χ4n) is 3.17. The molecule has 0 N–H and O–H groups in total. The number of fused-ring (bicyclic) bond motifs is 1. The van der Waals surface area contributed by atoms with Gasteiger partial charge < -0.3 is 18.8 Å². The summed E-state index contributed by atoms with van der Waals surface area (Å²) in [6, 6.07) is 7.99. The zero-order valence-electron chi connectivity index (χ0n) is 14.9. The van der Waals surface area contributed by atoms with E-state index in [1.807, 2.05) is 0 Å². The maximum atomic E-state index is 12.9. The van der Waals surface area contributed by atoms with Gasteiger partial charge in [0.1, 0.15) is 19.0 Å². The van der Waals surface area contributed by atoms with Gasteiger partial charge in [0, 0.05) is 32.2 Å². The van der Waals surface area contributed by atoms with Crippen LogP contribution in [0.4, 0.5) is 0 Å².